The van der Waals surface area contributed by atoms with Crippen LogP contribution in [0.2, 0.25) is 0 Å². The van der Waals surface area contributed by atoms with Crippen molar-refractivity contribution in [1.29, 1.82) is 0 Å². The van der Waals surface area contributed by atoms with Crippen LogP contribution in [0, 0.1) is 39.9 Å². The van der Waals surface area contributed by atoms with E-state index in [1.807, 2.05) is 0 Å². The number of amides is 2. The summed E-state index contributed by atoms with van der Waals surface area (Å²) < 4.78 is 32.4. The van der Waals surface area contributed by atoms with Crippen molar-refractivity contribution in [2.75, 3.05) is 85.3 Å². The van der Waals surface area contributed by atoms with Crippen LogP contribution >= 0.6 is 0 Å². The SMILES string of the molecule is O.O=C([O-])CN(CCN(CC(=O)[O-])CC(=O)NC1O[C@H](CO)[C@@H](O[C@H]2O[C@H](CO)[C@H](O)[C@H](O)[C@H]2O)[C@H](O)[C@H]1O)CCN(CC(=O)[O-])CC(=O)NC1O[C@H](CO)[C@@H](O[C@H]2O[C@H](CO)[C@H](O)[C@H](O)[C@H]2O)[C@H](O)[C@H]1O.[Gd+3]. The van der Waals surface area contributed by atoms with Crippen LogP contribution in [0.15, 0.2) is 0 Å². The van der Waals surface area contributed by atoms with Crippen LogP contribution < -0.4 is 26.0 Å². The number of nitrogens with one attached hydrogen (secondary N) is 2. The molecule has 73 heavy (non-hydrogen) atoms. The molecule has 2 unspecified atom stereocenters. The first-order valence-corrected chi connectivity index (χ1v) is 22.0. The summed E-state index contributed by atoms with van der Waals surface area (Å²) in [6.45, 7) is -9.55. The predicted molar refractivity (Wildman–Crippen MR) is 217 cm³/mol. The average Bonchev–Trinajstić information content (AvgIpc) is 3.31. The number of aliphatic hydroxyl groups is 14. The average molecular weight is 1210 g/mol. The number of carboxylic acids is 3. The van der Waals surface area contributed by atoms with Crippen LogP contribution in [-0.2, 0) is 52.4 Å². The minimum absolute atomic E-state index is 0. The molecule has 4 aliphatic rings. The van der Waals surface area contributed by atoms with Crippen molar-refractivity contribution in [3.05, 3.63) is 0 Å². The molecule has 20 atom stereocenters. The van der Waals surface area contributed by atoms with E-state index < -0.39 is 225 Å². The fourth-order valence-corrected chi connectivity index (χ4v) is 8.04. The van der Waals surface area contributed by atoms with E-state index in [-0.39, 0.29) is 58.5 Å². The van der Waals surface area contributed by atoms with Crippen molar-refractivity contribution < 1.29 is 185 Å². The molecule has 35 heteroatoms. The van der Waals surface area contributed by atoms with Gasteiger partial charge in [0, 0.05) is 45.8 Å². The summed E-state index contributed by atoms with van der Waals surface area (Å²) in [6.07, 6.45) is -36.1. The molecule has 4 heterocycles. The maximum absolute atomic E-state index is 13.2. The monoisotopic (exact) mass is 1210 g/mol. The first-order valence-electron chi connectivity index (χ1n) is 22.0. The Hall–Kier alpha value is -2.29. The summed E-state index contributed by atoms with van der Waals surface area (Å²) in [5.74, 6) is -7.22. The number of aliphatic hydroxyl groups excluding tert-OH is 14. The maximum Gasteiger partial charge on any atom is 3.00 e. The number of ether oxygens (including phenoxy) is 6. The molecule has 4 fully saturated rings. The molecule has 1 radical (unpaired) electrons. The summed E-state index contributed by atoms with van der Waals surface area (Å²) >= 11 is 0. The molecule has 0 saturated carbocycles. The Morgan fingerprint density at radius 3 is 1.01 bits per heavy atom. The molecule has 423 valence electrons. The fraction of sp³-hybridized carbons (Fsp3) is 0.868. The molecule has 34 nitrogen and oxygen atoms in total. The Bertz CT molecular complexity index is 1620. The van der Waals surface area contributed by atoms with Gasteiger partial charge in [0.1, 0.15) is 97.7 Å². The Morgan fingerprint density at radius 1 is 0.411 bits per heavy atom. The zero-order chi connectivity index (χ0) is 53.0. The minimum Gasteiger partial charge on any atom is -0.549 e. The molecule has 0 aliphatic carbocycles. The topological polar surface area (TPSA) is 558 Å². The number of carboxylic acid groups (broad SMARTS) is 3. The van der Waals surface area contributed by atoms with E-state index in [2.05, 4.69) is 10.6 Å². The maximum atomic E-state index is 13.2. The molecule has 2 amide bonds. The number of rotatable bonds is 26. The second kappa shape index (κ2) is 31.2. The van der Waals surface area contributed by atoms with Gasteiger partial charge >= 0.3 is 39.9 Å². The summed E-state index contributed by atoms with van der Waals surface area (Å²) in [4.78, 5) is 64.3. The standard InChI is InChI=1S/C38H65N5O28.Gd.H2O/c44-10-14-23(56)25(58)31(64)37(68-14)70-33-16(12-46)66-35(29(62)27(33)60)39-18(48)5-42(8-21(52)53)3-1-41(7-20(50)51)2-4-43(9-22(54)55)6-19(49)40-36-30(63)28(61)34(17(13-47)67-36)71-38-32(65)26(59)24(57)15(11-45)69-38;;/h14-17,23-38,44-47,56-65H,1-13H2,(H,39,48)(H,40,49)(H,50,51)(H,52,53)(H,54,55);;1H2/q;+3;/p-3/t14-,15-,16-,17-,23+,24+,25+,26+,27-,28-,29-,30-,31-,32-,33-,34-,35?,36?,37-,38-;;/m1../s1. The predicted octanol–water partition coefficient (Wildman–Crippen LogP) is -18.2. The Balaban J connectivity index is 0.00000913. The smallest absolute Gasteiger partial charge is 0.549 e. The molecule has 0 aromatic heterocycles. The third-order valence-corrected chi connectivity index (χ3v) is 11.9. The molecule has 0 spiro atoms. The summed E-state index contributed by atoms with van der Waals surface area (Å²) in [6, 6.07) is 0. The Morgan fingerprint density at radius 2 is 0.712 bits per heavy atom. The van der Waals surface area contributed by atoms with Crippen LogP contribution in [-0.4, -0.2) is 329 Å². The summed E-state index contributed by atoms with van der Waals surface area (Å²) in [5, 5.41) is 183. The Kier molecular flexibility index (Phi) is 28.6. The van der Waals surface area contributed by atoms with Gasteiger partial charge in [-0.05, 0) is 0 Å². The fourth-order valence-electron chi connectivity index (χ4n) is 8.04. The van der Waals surface area contributed by atoms with Gasteiger partial charge in [0.05, 0.1) is 57.4 Å². The number of carbonyl (C=O) groups is 5. The van der Waals surface area contributed by atoms with Gasteiger partial charge < -0.3 is 146 Å². The second-order valence-electron chi connectivity index (χ2n) is 17.1. The van der Waals surface area contributed by atoms with Gasteiger partial charge in [0.15, 0.2) is 25.0 Å². The number of hydrogen-bond donors (Lipinski definition) is 16. The molecule has 4 rings (SSSR count). The van der Waals surface area contributed by atoms with Crippen LogP contribution in [0.1, 0.15) is 0 Å². The number of hydrogen-bond acceptors (Lipinski definition) is 31. The Labute approximate surface area is 445 Å². The van der Waals surface area contributed by atoms with Gasteiger partial charge in [-0.1, -0.05) is 0 Å². The molecular weight excluding hydrogens is 1150 g/mol. The van der Waals surface area contributed by atoms with Crippen LogP contribution in [0.4, 0.5) is 0 Å². The zero-order valence-electron chi connectivity index (χ0n) is 38.4. The van der Waals surface area contributed by atoms with Crippen LogP contribution in [0.3, 0.4) is 0 Å². The molecule has 18 N–H and O–H groups in total. The number of nitrogens with zero attached hydrogens (tertiary/aromatic N) is 3. The molecule has 4 aliphatic heterocycles. The van der Waals surface area contributed by atoms with Crippen LogP contribution in [0.25, 0.3) is 0 Å². The molecular formula is C38H64GdN5O29. The van der Waals surface area contributed by atoms with Crippen molar-refractivity contribution in [1.82, 2.24) is 25.3 Å². The van der Waals surface area contributed by atoms with Crippen molar-refractivity contribution in [3.63, 3.8) is 0 Å². The second-order valence-corrected chi connectivity index (χ2v) is 17.1. The van der Waals surface area contributed by atoms with Crippen molar-refractivity contribution in [3.8, 4) is 0 Å². The summed E-state index contributed by atoms with van der Waals surface area (Å²) in [7, 11) is 0. The molecule has 0 aromatic carbocycles. The van der Waals surface area contributed by atoms with E-state index in [0.29, 0.717) is 0 Å². The van der Waals surface area contributed by atoms with Gasteiger partial charge in [0.2, 0.25) is 11.8 Å². The largest absolute Gasteiger partial charge is 3.00 e. The van der Waals surface area contributed by atoms with Crippen molar-refractivity contribution in [2.24, 2.45) is 0 Å². The quantitative estimate of drug-likeness (QED) is 0.0382. The van der Waals surface area contributed by atoms with Gasteiger partial charge in [-0.2, -0.15) is 0 Å². The third-order valence-electron chi connectivity index (χ3n) is 11.9. The minimum atomic E-state index is -2.04. The molecule has 0 aromatic rings. The van der Waals surface area contributed by atoms with E-state index in [1.54, 1.807) is 0 Å². The van der Waals surface area contributed by atoms with Gasteiger partial charge in [-0.25, -0.2) is 0 Å². The first-order chi connectivity index (χ1) is 33.4. The molecule has 4 saturated heterocycles. The van der Waals surface area contributed by atoms with E-state index in [0.717, 1.165) is 14.7 Å². The van der Waals surface area contributed by atoms with E-state index >= 15 is 0 Å². The van der Waals surface area contributed by atoms with Gasteiger partial charge in [0.25, 0.3) is 0 Å². The summed E-state index contributed by atoms with van der Waals surface area (Å²) in [5.41, 5.74) is 0. The van der Waals surface area contributed by atoms with E-state index in [1.165, 1.54) is 0 Å². The number of aliphatic carboxylic acids is 3. The number of carbonyl (C=O) groups excluding carboxylic acids is 5. The van der Waals surface area contributed by atoms with E-state index in [9.17, 15) is 111 Å². The van der Waals surface area contributed by atoms with Crippen molar-refractivity contribution >= 4 is 29.7 Å². The zero-order valence-corrected chi connectivity index (χ0v) is 40.7. The van der Waals surface area contributed by atoms with Crippen molar-refractivity contribution in [2.45, 2.75) is 123 Å². The third kappa shape index (κ3) is 18.4. The normalized spacial score (nSPS) is 36.7. The van der Waals surface area contributed by atoms with Crippen LogP contribution in [0.5, 0.6) is 0 Å². The van der Waals surface area contributed by atoms with E-state index in [4.69, 9.17) is 28.4 Å². The van der Waals surface area contributed by atoms with Gasteiger partial charge in [-0.15, -0.1) is 0 Å². The van der Waals surface area contributed by atoms with Gasteiger partial charge in [-0.3, -0.25) is 24.3 Å². The molecule has 0 bridgehead atoms. The first kappa shape index (κ1) is 66.8.